The van der Waals surface area contributed by atoms with Crippen molar-refractivity contribution in [1.29, 1.82) is 0 Å². The van der Waals surface area contributed by atoms with Gasteiger partial charge in [-0.15, -0.1) is 0 Å². The number of nitrogens with zero attached hydrogens (tertiary/aromatic N) is 1. The first-order valence-electron chi connectivity index (χ1n) is 6.92. The maximum atomic E-state index is 13.4. The van der Waals surface area contributed by atoms with Crippen LogP contribution in [0.2, 0.25) is 0 Å². The van der Waals surface area contributed by atoms with Gasteiger partial charge in [-0.2, -0.15) is 5.10 Å². The molecule has 1 N–H and O–H groups in total. The first-order chi connectivity index (χ1) is 11.0. The molecule has 0 unspecified atom stereocenters. The van der Waals surface area contributed by atoms with Gasteiger partial charge in [-0.1, -0.05) is 18.2 Å². The first-order valence-corrected chi connectivity index (χ1v) is 8.57. The van der Waals surface area contributed by atoms with Gasteiger partial charge in [0.25, 0.3) is 5.91 Å². The van der Waals surface area contributed by atoms with Crippen molar-refractivity contribution in [3.05, 3.63) is 65.5 Å². The third kappa shape index (κ3) is 3.14. The van der Waals surface area contributed by atoms with E-state index >= 15 is 0 Å². The summed E-state index contributed by atoms with van der Waals surface area (Å²) in [6.07, 6.45) is 0.119. The summed E-state index contributed by atoms with van der Waals surface area (Å²) in [5.41, 5.74) is 3.36. The van der Waals surface area contributed by atoms with E-state index in [-0.39, 0.29) is 22.6 Å². The van der Waals surface area contributed by atoms with Gasteiger partial charge < -0.3 is 0 Å². The van der Waals surface area contributed by atoms with Crippen LogP contribution in [-0.2, 0) is 9.84 Å². The number of nitrogens with one attached hydrogen (secondary N) is 1. The molecule has 2 aromatic rings. The van der Waals surface area contributed by atoms with E-state index in [4.69, 9.17) is 0 Å². The van der Waals surface area contributed by atoms with Crippen LogP contribution in [0.5, 0.6) is 0 Å². The molecule has 2 aromatic carbocycles. The second-order valence-corrected chi connectivity index (χ2v) is 7.15. The maximum absolute atomic E-state index is 13.4. The summed E-state index contributed by atoms with van der Waals surface area (Å²) >= 11 is 0. The van der Waals surface area contributed by atoms with Gasteiger partial charge in [-0.3, -0.25) is 4.79 Å². The summed E-state index contributed by atoms with van der Waals surface area (Å²) in [5.74, 6) is -1.08. The molecule has 0 aliphatic carbocycles. The highest BCUT2D eigenvalue weighted by atomic mass is 32.2. The van der Waals surface area contributed by atoms with Gasteiger partial charge in [0, 0.05) is 17.5 Å². The standard InChI is InChI=1S/C16H13FN2O3S/c17-12-6-7-15-13(10-12)14(8-9-23(15,21)22)18-19-16(20)11-4-2-1-3-5-11/h1-7,10H,8-9H2,(H,19,20)/b18-14+. The minimum atomic E-state index is -3.44. The molecule has 0 aromatic heterocycles. The van der Waals surface area contributed by atoms with Gasteiger partial charge in [0.05, 0.1) is 16.4 Å². The zero-order valence-corrected chi connectivity index (χ0v) is 12.8. The monoisotopic (exact) mass is 332 g/mol. The van der Waals surface area contributed by atoms with Crippen molar-refractivity contribution in [3.8, 4) is 0 Å². The Kier molecular flexibility index (Phi) is 3.96. The highest BCUT2D eigenvalue weighted by Crippen LogP contribution is 2.26. The second-order valence-electron chi connectivity index (χ2n) is 5.07. The number of carbonyl (C=O) groups excluding carboxylic acids is 1. The number of benzene rings is 2. The molecule has 7 heteroatoms. The predicted octanol–water partition coefficient (Wildman–Crippen LogP) is 2.14. The number of fused-ring (bicyclic) bond motifs is 1. The molecule has 1 aliphatic heterocycles. The number of rotatable bonds is 2. The number of hydrazone groups is 1. The highest BCUT2D eigenvalue weighted by molar-refractivity contribution is 7.91. The molecule has 1 aliphatic rings. The van der Waals surface area contributed by atoms with Crippen LogP contribution in [0.1, 0.15) is 22.3 Å². The summed E-state index contributed by atoms with van der Waals surface area (Å²) in [6, 6.07) is 11.9. The van der Waals surface area contributed by atoms with Crippen LogP contribution in [0.4, 0.5) is 4.39 Å². The molecular formula is C16H13FN2O3S. The number of sulfone groups is 1. The lowest BCUT2D eigenvalue weighted by molar-refractivity contribution is 0.0955. The van der Waals surface area contributed by atoms with E-state index in [1.165, 1.54) is 6.07 Å². The lowest BCUT2D eigenvalue weighted by Crippen LogP contribution is -2.26. The largest absolute Gasteiger partial charge is 0.271 e. The summed E-state index contributed by atoms with van der Waals surface area (Å²) in [4.78, 5) is 12.0. The van der Waals surface area contributed by atoms with Crippen molar-refractivity contribution < 1.29 is 17.6 Å². The fourth-order valence-electron chi connectivity index (χ4n) is 2.36. The smallest absolute Gasteiger partial charge is 0.267 e. The molecule has 0 fully saturated rings. The Balaban J connectivity index is 1.92. The van der Waals surface area contributed by atoms with E-state index in [1.54, 1.807) is 30.3 Å². The van der Waals surface area contributed by atoms with E-state index in [2.05, 4.69) is 10.5 Å². The minimum absolute atomic E-state index is 0.0397. The van der Waals surface area contributed by atoms with E-state index in [9.17, 15) is 17.6 Å². The lowest BCUT2D eigenvalue weighted by atomic mass is 10.1. The van der Waals surface area contributed by atoms with Crippen LogP contribution in [0, 0.1) is 5.82 Å². The SMILES string of the molecule is O=C(N/N=C1\CCS(=O)(=O)c2ccc(F)cc21)c1ccccc1. The third-order valence-electron chi connectivity index (χ3n) is 3.52. The average molecular weight is 332 g/mol. The molecule has 23 heavy (non-hydrogen) atoms. The van der Waals surface area contributed by atoms with Crippen molar-refractivity contribution in [2.75, 3.05) is 5.75 Å². The quantitative estimate of drug-likeness (QED) is 0.676. The Morgan fingerprint density at radius 1 is 1.13 bits per heavy atom. The van der Waals surface area contributed by atoms with Crippen LogP contribution in [-0.4, -0.2) is 25.8 Å². The van der Waals surface area contributed by atoms with E-state index in [0.29, 0.717) is 11.3 Å². The van der Waals surface area contributed by atoms with Gasteiger partial charge >= 0.3 is 0 Å². The second kappa shape index (κ2) is 5.92. The highest BCUT2D eigenvalue weighted by Gasteiger charge is 2.28. The van der Waals surface area contributed by atoms with Crippen molar-refractivity contribution >= 4 is 21.5 Å². The predicted molar refractivity (Wildman–Crippen MR) is 83.5 cm³/mol. The molecule has 1 heterocycles. The number of hydrogen-bond donors (Lipinski definition) is 1. The minimum Gasteiger partial charge on any atom is -0.267 e. The normalized spacial score (nSPS) is 17.5. The summed E-state index contributed by atoms with van der Waals surface area (Å²) in [7, 11) is -3.44. The van der Waals surface area contributed by atoms with Crippen LogP contribution < -0.4 is 5.43 Å². The average Bonchev–Trinajstić information content (AvgIpc) is 2.54. The van der Waals surface area contributed by atoms with Gasteiger partial charge in [0.1, 0.15) is 5.82 Å². The van der Waals surface area contributed by atoms with Crippen LogP contribution >= 0.6 is 0 Å². The molecule has 0 saturated carbocycles. The molecule has 0 bridgehead atoms. The Labute approximate surface area is 132 Å². The van der Waals surface area contributed by atoms with Crippen molar-refractivity contribution in [3.63, 3.8) is 0 Å². The van der Waals surface area contributed by atoms with Crippen LogP contribution in [0.25, 0.3) is 0 Å². The van der Waals surface area contributed by atoms with E-state index in [0.717, 1.165) is 12.1 Å². The molecule has 5 nitrogen and oxygen atoms in total. The van der Waals surface area contributed by atoms with Gasteiger partial charge in [-0.05, 0) is 30.3 Å². The lowest BCUT2D eigenvalue weighted by Gasteiger charge is -2.18. The molecule has 3 rings (SSSR count). The molecular weight excluding hydrogens is 319 g/mol. The summed E-state index contributed by atoms with van der Waals surface area (Å²) in [5, 5.41) is 3.99. The Bertz CT molecular complexity index is 893. The topological polar surface area (TPSA) is 75.6 Å². The van der Waals surface area contributed by atoms with Gasteiger partial charge in [-0.25, -0.2) is 18.2 Å². The first kappa shape index (κ1) is 15.4. The van der Waals surface area contributed by atoms with Crippen molar-refractivity contribution in [2.45, 2.75) is 11.3 Å². The summed E-state index contributed by atoms with van der Waals surface area (Å²) in [6.45, 7) is 0. The fraction of sp³-hybridized carbons (Fsp3) is 0.125. The van der Waals surface area contributed by atoms with Gasteiger partial charge in [0.15, 0.2) is 9.84 Å². The number of amides is 1. The summed E-state index contributed by atoms with van der Waals surface area (Å²) < 4.78 is 37.5. The number of halogens is 1. The third-order valence-corrected chi connectivity index (χ3v) is 5.29. The van der Waals surface area contributed by atoms with E-state index in [1.807, 2.05) is 0 Å². The molecule has 0 radical (unpaired) electrons. The molecule has 0 atom stereocenters. The van der Waals surface area contributed by atoms with E-state index < -0.39 is 21.6 Å². The van der Waals surface area contributed by atoms with Crippen LogP contribution in [0.3, 0.4) is 0 Å². The van der Waals surface area contributed by atoms with Crippen molar-refractivity contribution in [2.24, 2.45) is 5.10 Å². The zero-order chi connectivity index (χ0) is 16.4. The number of hydrogen-bond acceptors (Lipinski definition) is 4. The molecule has 0 saturated heterocycles. The zero-order valence-electron chi connectivity index (χ0n) is 12.0. The Morgan fingerprint density at radius 3 is 2.61 bits per heavy atom. The maximum Gasteiger partial charge on any atom is 0.271 e. The fourth-order valence-corrected chi connectivity index (χ4v) is 3.83. The molecule has 0 spiro atoms. The van der Waals surface area contributed by atoms with Gasteiger partial charge in [0.2, 0.25) is 0 Å². The number of carbonyl (C=O) groups is 1. The van der Waals surface area contributed by atoms with Crippen molar-refractivity contribution in [1.82, 2.24) is 5.43 Å². The molecule has 118 valence electrons. The Morgan fingerprint density at radius 2 is 1.87 bits per heavy atom. The van der Waals surface area contributed by atoms with Crippen LogP contribution in [0.15, 0.2) is 58.5 Å². The Hall–Kier alpha value is -2.54. The molecule has 1 amide bonds.